The van der Waals surface area contributed by atoms with Crippen LogP contribution >= 0.6 is 0 Å². The highest BCUT2D eigenvalue weighted by atomic mass is 19.1. The first-order chi connectivity index (χ1) is 9.54. The van der Waals surface area contributed by atoms with E-state index < -0.39 is 29.2 Å². The van der Waals surface area contributed by atoms with Crippen LogP contribution in [0.2, 0.25) is 0 Å². The Morgan fingerprint density at radius 1 is 1.05 bits per heavy atom. The van der Waals surface area contributed by atoms with Crippen LogP contribution in [0.25, 0.3) is 0 Å². The van der Waals surface area contributed by atoms with E-state index in [1.54, 1.807) is 0 Å². The Balaban J connectivity index is 2.36. The molecule has 1 aromatic rings. The van der Waals surface area contributed by atoms with Crippen molar-refractivity contribution >= 4 is 11.7 Å². The molecular formula is C14H19F3N2O. The molecule has 0 bridgehead atoms. The second kappa shape index (κ2) is 8.45. The quantitative estimate of drug-likeness (QED) is 0.725. The standard InChI is InChI=1S/C14H19F3N2O/c1-2-3-4-5-6-7-18-14(20)19-13-11(16)8-10(15)9-12(13)17/h8-9H,2-7H2,1H3,(H2,18,19,20). The molecule has 0 atom stereocenters. The first-order valence-corrected chi connectivity index (χ1v) is 6.74. The molecule has 20 heavy (non-hydrogen) atoms. The van der Waals surface area contributed by atoms with Gasteiger partial charge in [-0.05, 0) is 6.42 Å². The van der Waals surface area contributed by atoms with Gasteiger partial charge in [-0.2, -0.15) is 0 Å². The summed E-state index contributed by atoms with van der Waals surface area (Å²) in [7, 11) is 0. The Bertz CT molecular complexity index is 429. The summed E-state index contributed by atoms with van der Waals surface area (Å²) in [4.78, 5) is 11.4. The number of nitrogens with one attached hydrogen (secondary N) is 2. The zero-order chi connectivity index (χ0) is 15.0. The van der Waals surface area contributed by atoms with Crippen molar-refractivity contribution in [3.05, 3.63) is 29.6 Å². The van der Waals surface area contributed by atoms with Gasteiger partial charge in [0, 0.05) is 18.7 Å². The van der Waals surface area contributed by atoms with E-state index in [2.05, 4.69) is 12.2 Å². The maximum atomic E-state index is 13.3. The molecule has 0 spiro atoms. The van der Waals surface area contributed by atoms with Crippen molar-refractivity contribution in [1.29, 1.82) is 0 Å². The number of benzene rings is 1. The highest BCUT2D eigenvalue weighted by Gasteiger charge is 2.13. The summed E-state index contributed by atoms with van der Waals surface area (Å²) in [6.07, 6.45) is 5.19. The van der Waals surface area contributed by atoms with Crippen LogP contribution in [0.4, 0.5) is 23.7 Å². The Labute approximate surface area is 116 Å². The maximum absolute atomic E-state index is 13.3. The fraction of sp³-hybridized carbons (Fsp3) is 0.500. The molecule has 1 aromatic carbocycles. The maximum Gasteiger partial charge on any atom is 0.319 e. The van der Waals surface area contributed by atoms with Crippen molar-refractivity contribution in [2.45, 2.75) is 39.0 Å². The summed E-state index contributed by atoms with van der Waals surface area (Å²) in [5, 5.41) is 4.54. The van der Waals surface area contributed by atoms with Gasteiger partial charge in [0.1, 0.15) is 11.5 Å². The fourth-order valence-corrected chi connectivity index (χ4v) is 1.75. The van der Waals surface area contributed by atoms with Crippen molar-refractivity contribution in [2.24, 2.45) is 0 Å². The molecule has 112 valence electrons. The third-order valence-corrected chi connectivity index (χ3v) is 2.81. The molecule has 0 saturated carbocycles. The third kappa shape index (κ3) is 5.50. The average Bonchev–Trinajstić information content (AvgIpc) is 2.38. The zero-order valence-corrected chi connectivity index (χ0v) is 11.4. The van der Waals surface area contributed by atoms with Gasteiger partial charge in [0.15, 0.2) is 11.6 Å². The minimum absolute atomic E-state index is 0.431. The molecule has 0 radical (unpaired) electrons. The van der Waals surface area contributed by atoms with Gasteiger partial charge in [0.25, 0.3) is 0 Å². The van der Waals surface area contributed by atoms with Gasteiger partial charge in [-0.15, -0.1) is 0 Å². The normalized spacial score (nSPS) is 10.4. The average molecular weight is 288 g/mol. The van der Waals surface area contributed by atoms with E-state index in [0.29, 0.717) is 18.7 Å². The predicted octanol–water partition coefficient (Wildman–Crippen LogP) is 4.20. The van der Waals surface area contributed by atoms with Gasteiger partial charge >= 0.3 is 6.03 Å². The molecular weight excluding hydrogens is 269 g/mol. The minimum Gasteiger partial charge on any atom is -0.338 e. The lowest BCUT2D eigenvalue weighted by molar-refractivity contribution is 0.251. The highest BCUT2D eigenvalue weighted by Crippen LogP contribution is 2.19. The molecule has 0 fully saturated rings. The van der Waals surface area contributed by atoms with E-state index in [9.17, 15) is 18.0 Å². The number of unbranched alkanes of at least 4 members (excludes halogenated alkanes) is 4. The molecule has 2 N–H and O–H groups in total. The minimum atomic E-state index is -1.14. The predicted molar refractivity (Wildman–Crippen MR) is 72.1 cm³/mol. The van der Waals surface area contributed by atoms with Gasteiger partial charge in [-0.3, -0.25) is 0 Å². The Kier molecular flexibility index (Phi) is 6.90. The first kappa shape index (κ1) is 16.3. The van der Waals surface area contributed by atoms with Crippen LogP contribution in [0, 0.1) is 17.5 Å². The molecule has 0 unspecified atom stereocenters. The smallest absolute Gasteiger partial charge is 0.319 e. The van der Waals surface area contributed by atoms with Crippen LogP contribution in [0.5, 0.6) is 0 Å². The Morgan fingerprint density at radius 2 is 1.65 bits per heavy atom. The molecule has 0 heterocycles. The fourth-order valence-electron chi connectivity index (χ4n) is 1.75. The van der Waals surface area contributed by atoms with E-state index in [1.165, 1.54) is 0 Å². The number of hydrogen-bond donors (Lipinski definition) is 2. The SMILES string of the molecule is CCCCCCCNC(=O)Nc1c(F)cc(F)cc1F. The number of hydrogen-bond acceptors (Lipinski definition) is 1. The summed E-state index contributed by atoms with van der Waals surface area (Å²) in [5.41, 5.74) is -0.644. The lowest BCUT2D eigenvalue weighted by Gasteiger charge is -2.09. The summed E-state index contributed by atoms with van der Waals surface area (Å²) >= 11 is 0. The lowest BCUT2D eigenvalue weighted by atomic mass is 10.1. The molecule has 2 amide bonds. The van der Waals surface area contributed by atoms with Crippen LogP contribution < -0.4 is 10.6 Å². The Morgan fingerprint density at radius 3 is 2.25 bits per heavy atom. The van der Waals surface area contributed by atoms with Gasteiger partial charge in [-0.1, -0.05) is 32.6 Å². The number of carbonyl (C=O) groups is 1. The van der Waals surface area contributed by atoms with Crippen LogP contribution in [0.15, 0.2) is 12.1 Å². The van der Waals surface area contributed by atoms with Crippen LogP contribution in [0.3, 0.4) is 0 Å². The molecule has 3 nitrogen and oxygen atoms in total. The summed E-state index contributed by atoms with van der Waals surface area (Å²) in [6.45, 7) is 2.54. The summed E-state index contributed by atoms with van der Waals surface area (Å²) in [6, 6.07) is 0.331. The molecule has 0 aliphatic rings. The van der Waals surface area contributed by atoms with E-state index in [0.717, 1.165) is 32.1 Å². The lowest BCUT2D eigenvalue weighted by Crippen LogP contribution is -2.30. The van der Waals surface area contributed by atoms with Crippen molar-refractivity contribution < 1.29 is 18.0 Å². The van der Waals surface area contributed by atoms with Crippen LogP contribution in [0.1, 0.15) is 39.0 Å². The first-order valence-electron chi connectivity index (χ1n) is 6.74. The van der Waals surface area contributed by atoms with E-state index in [4.69, 9.17) is 0 Å². The number of rotatable bonds is 7. The third-order valence-electron chi connectivity index (χ3n) is 2.81. The van der Waals surface area contributed by atoms with Crippen molar-refractivity contribution in [3.63, 3.8) is 0 Å². The van der Waals surface area contributed by atoms with Crippen LogP contribution in [-0.2, 0) is 0 Å². The van der Waals surface area contributed by atoms with Gasteiger partial charge < -0.3 is 10.6 Å². The molecule has 0 saturated heterocycles. The van der Waals surface area contributed by atoms with Crippen molar-refractivity contribution in [3.8, 4) is 0 Å². The topological polar surface area (TPSA) is 41.1 Å². The highest BCUT2D eigenvalue weighted by molar-refractivity contribution is 5.89. The Hall–Kier alpha value is -1.72. The molecule has 6 heteroatoms. The van der Waals surface area contributed by atoms with Crippen molar-refractivity contribution in [1.82, 2.24) is 5.32 Å². The molecule has 0 aromatic heterocycles. The summed E-state index contributed by atoms with van der Waals surface area (Å²) in [5.74, 6) is -3.30. The number of halogens is 3. The van der Waals surface area contributed by atoms with Crippen LogP contribution in [-0.4, -0.2) is 12.6 Å². The van der Waals surface area contributed by atoms with Crippen molar-refractivity contribution in [2.75, 3.05) is 11.9 Å². The second-order valence-corrected chi connectivity index (χ2v) is 4.54. The van der Waals surface area contributed by atoms with E-state index >= 15 is 0 Å². The largest absolute Gasteiger partial charge is 0.338 e. The summed E-state index contributed by atoms with van der Waals surface area (Å²) < 4.78 is 39.2. The molecule has 0 aliphatic heterocycles. The van der Waals surface area contributed by atoms with Gasteiger partial charge in [-0.25, -0.2) is 18.0 Å². The number of amides is 2. The number of urea groups is 1. The number of carbonyl (C=O) groups excluding carboxylic acids is 1. The monoisotopic (exact) mass is 288 g/mol. The van der Waals surface area contributed by atoms with E-state index in [1.807, 2.05) is 5.32 Å². The number of anilines is 1. The van der Waals surface area contributed by atoms with E-state index in [-0.39, 0.29) is 0 Å². The zero-order valence-electron chi connectivity index (χ0n) is 11.4. The molecule has 0 aliphatic carbocycles. The molecule has 1 rings (SSSR count). The van der Waals surface area contributed by atoms with Gasteiger partial charge in [0.05, 0.1) is 0 Å². The second-order valence-electron chi connectivity index (χ2n) is 4.54. The van der Waals surface area contributed by atoms with Gasteiger partial charge in [0.2, 0.25) is 0 Å².